The number of fused-ring (bicyclic) bond motifs is 1. The molecule has 2 aromatic heterocycles. The number of allylic oxidation sites excluding steroid dienone is 1. The maximum Gasteiger partial charge on any atom is 0.338 e. The van der Waals surface area contributed by atoms with Crippen LogP contribution in [-0.2, 0) is 9.53 Å². The van der Waals surface area contributed by atoms with Crippen molar-refractivity contribution in [2.24, 2.45) is 4.99 Å². The fourth-order valence-electron chi connectivity index (χ4n) is 4.71. The Morgan fingerprint density at radius 2 is 1.76 bits per heavy atom. The zero-order chi connectivity index (χ0) is 30.0. The van der Waals surface area contributed by atoms with Crippen molar-refractivity contribution in [1.82, 2.24) is 4.57 Å². The van der Waals surface area contributed by atoms with Crippen LogP contribution in [0, 0.1) is 0 Å². The van der Waals surface area contributed by atoms with Gasteiger partial charge in [0.1, 0.15) is 11.5 Å². The third kappa shape index (κ3) is 5.77. The van der Waals surface area contributed by atoms with E-state index in [4.69, 9.17) is 41.8 Å². The number of furan rings is 1. The maximum absolute atomic E-state index is 14.0. The first-order chi connectivity index (χ1) is 20.2. The SMILES string of the molecule is CCOC(=O)C1=C(C)N=c2s/c(=C\c3ccc(-c4ccc(Cl)c(Cl)c4)o3)c(=O)n2[C@@H]1c1ccc(OCC)c(OCC)c1. The lowest BCUT2D eigenvalue weighted by Crippen LogP contribution is -2.40. The highest BCUT2D eigenvalue weighted by atomic mass is 35.5. The molecule has 1 atom stereocenters. The number of hydrogen-bond acceptors (Lipinski definition) is 8. The van der Waals surface area contributed by atoms with Crippen LogP contribution in [0.1, 0.15) is 45.1 Å². The molecule has 2 aromatic carbocycles. The van der Waals surface area contributed by atoms with Crippen molar-refractivity contribution in [2.75, 3.05) is 19.8 Å². The summed E-state index contributed by atoms with van der Waals surface area (Å²) in [5, 5.41) is 0.858. The van der Waals surface area contributed by atoms with E-state index in [2.05, 4.69) is 4.99 Å². The fraction of sp³-hybridized carbons (Fsp3) is 0.258. The molecule has 0 unspecified atom stereocenters. The molecule has 0 radical (unpaired) electrons. The van der Waals surface area contributed by atoms with E-state index in [1.165, 1.54) is 15.9 Å². The number of halogens is 2. The molecule has 42 heavy (non-hydrogen) atoms. The van der Waals surface area contributed by atoms with Gasteiger partial charge in [0.25, 0.3) is 5.56 Å². The zero-order valence-electron chi connectivity index (χ0n) is 23.4. The van der Waals surface area contributed by atoms with Crippen LogP contribution in [0.2, 0.25) is 10.0 Å². The summed E-state index contributed by atoms with van der Waals surface area (Å²) < 4.78 is 24.9. The molecule has 0 amide bonds. The lowest BCUT2D eigenvalue weighted by Gasteiger charge is -2.25. The second kappa shape index (κ2) is 12.6. The van der Waals surface area contributed by atoms with Crippen LogP contribution in [0.4, 0.5) is 0 Å². The summed E-state index contributed by atoms with van der Waals surface area (Å²) in [4.78, 5) is 32.3. The van der Waals surface area contributed by atoms with Crippen molar-refractivity contribution < 1.29 is 23.4 Å². The smallest absolute Gasteiger partial charge is 0.338 e. The molecular formula is C31H28Cl2N2O6S. The second-order valence-electron chi connectivity index (χ2n) is 9.21. The van der Waals surface area contributed by atoms with E-state index >= 15 is 0 Å². The van der Waals surface area contributed by atoms with E-state index < -0.39 is 12.0 Å². The molecule has 0 saturated carbocycles. The van der Waals surface area contributed by atoms with Gasteiger partial charge in [-0.1, -0.05) is 40.6 Å². The molecule has 0 aliphatic carbocycles. The average Bonchev–Trinajstić information content (AvgIpc) is 3.55. The average molecular weight is 628 g/mol. The molecule has 5 rings (SSSR count). The molecule has 3 heterocycles. The molecule has 1 aliphatic heterocycles. The van der Waals surface area contributed by atoms with Crippen LogP contribution in [0.25, 0.3) is 17.4 Å². The predicted molar refractivity (Wildman–Crippen MR) is 163 cm³/mol. The molecule has 1 aliphatic rings. The third-order valence-corrected chi connectivity index (χ3v) is 8.23. The summed E-state index contributed by atoms with van der Waals surface area (Å²) in [6.07, 6.45) is 1.66. The number of benzene rings is 2. The standard InChI is InChI=1S/C31H28Cl2N2O6S/c1-5-38-24-12-9-19(15-25(24)39-6-2)28-27(30(37)40-7-3)17(4)34-31-35(28)29(36)26(42-31)16-20-10-13-23(41-20)18-8-11-21(32)22(33)14-18/h8-16,28H,5-7H2,1-4H3/b26-16-/t28-/m1/s1. The molecule has 8 nitrogen and oxygen atoms in total. The number of esters is 1. The number of rotatable bonds is 9. The first-order valence-corrected chi connectivity index (χ1v) is 15.0. The number of carbonyl (C=O) groups is 1. The van der Waals surface area contributed by atoms with Crippen LogP contribution in [0.5, 0.6) is 11.5 Å². The monoisotopic (exact) mass is 626 g/mol. The first kappa shape index (κ1) is 29.7. The molecule has 0 spiro atoms. The number of carbonyl (C=O) groups excluding carboxylic acids is 1. The molecule has 0 N–H and O–H groups in total. The summed E-state index contributed by atoms with van der Waals surface area (Å²) in [5.74, 6) is 1.59. The molecule has 4 aromatic rings. The molecule has 11 heteroatoms. The Morgan fingerprint density at radius 1 is 1.00 bits per heavy atom. The lowest BCUT2D eigenvalue weighted by molar-refractivity contribution is -0.139. The van der Waals surface area contributed by atoms with Crippen molar-refractivity contribution in [3.05, 3.63) is 101 Å². The Kier molecular flexibility index (Phi) is 8.91. The maximum atomic E-state index is 14.0. The second-order valence-corrected chi connectivity index (χ2v) is 11.0. The van der Waals surface area contributed by atoms with Gasteiger partial charge in [0.05, 0.1) is 51.7 Å². The Labute approximate surface area is 256 Å². The van der Waals surface area contributed by atoms with E-state index in [9.17, 15) is 9.59 Å². The number of thiazole rings is 1. The number of nitrogens with zero attached hydrogens (tertiary/aromatic N) is 2. The summed E-state index contributed by atoms with van der Waals surface area (Å²) in [5.41, 5.74) is 1.84. The Hall–Kier alpha value is -3.79. The molecule has 0 fully saturated rings. The quantitative estimate of drug-likeness (QED) is 0.207. The topological polar surface area (TPSA) is 92.3 Å². The van der Waals surface area contributed by atoms with Gasteiger partial charge in [-0.2, -0.15) is 0 Å². The summed E-state index contributed by atoms with van der Waals surface area (Å²) in [7, 11) is 0. The fourth-order valence-corrected chi connectivity index (χ4v) is 6.03. The van der Waals surface area contributed by atoms with Crippen molar-refractivity contribution in [3.8, 4) is 22.8 Å². The normalized spacial score (nSPS) is 14.9. The summed E-state index contributed by atoms with van der Waals surface area (Å²) in [6.45, 7) is 8.29. The Morgan fingerprint density at radius 3 is 2.48 bits per heavy atom. The van der Waals surface area contributed by atoms with E-state index in [-0.39, 0.29) is 17.7 Å². The highest BCUT2D eigenvalue weighted by Crippen LogP contribution is 2.36. The molecular weight excluding hydrogens is 599 g/mol. The van der Waals surface area contributed by atoms with E-state index in [1.54, 1.807) is 62.4 Å². The third-order valence-electron chi connectivity index (χ3n) is 6.50. The van der Waals surface area contributed by atoms with Crippen LogP contribution < -0.4 is 24.4 Å². The Bertz CT molecular complexity index is 1870. The molecule has 218 valence electrons. The van der Waals surface area contributed by atoms with Gasteiger partial charge in [-0.3, -0.25) is 9.36 Å². The van der Waals surface area contributed by atoms with Crippen molar-refractivity contribution in [2.45, 2.75) is 33.7 Å². The zero-order valence-corrected chi connectivity index (χ0v) is 25.7. The number of hydrogen-bond donors (Lipinski definition) is 0. The molecule has 0 bridgehead atoms. The minimum absolute atomic E-state index is 0.180. The van der Waals surface area contributed by atoms with Gasteiger partial charge in [0.2, 0.25) is 0 Å². The van der Waals surface area contributed by atoms with Crippen molar-refractivity contribution in [1.29, 1.82) is 0 Å². The summed E-state index contributed by atoms with van der Waals surface area (Å²) >= 11 is 13.4. The number of aromatic nitrogens is 1. The van der Waals surface area contributed by atoms with Crippen LogP contribution in [0.3, 0.4) is 0 Å². The van der Waals surface area contributed by atoms with Gasteiger partial charge in [0, 0.05) is 11.6 Å². The minimum Gasteiger partial charge on any atom is -0.490 e. The van der Waals surface area contributed by atoms with E-state index in [0.717, 1.165) is 5.56 Å². The van der Waals surface area contributed by atoms with Crippen LogP contribution in [-0.4, -0.2) is 30.4 Å². The van der Waals surface area contributed by atoms with Gasteiger partial charge in [0.15, 0.2) is 16.3 Å². The van der Waals surface area contributed by atoms with Crippen molar-refractivity contribution in [3.63, 3.8) is 0 Å². The summed E-state index contributed by atoms with van der Waals surface area (Å²) in [6, 6.07) is 13.4. The van der Waals surface area contributed by atoms with Gasteiger partial charge in [-0.25, -0.2) is 9.79 Å². The largest absolute Gasteiger partial charge is 0.490 e. The van der Waals surface area contributed by atoms with Crippen LogP contribution >= 0.6 is 34.5 Å². The van der Waals surface area contributed by atoms with Gasteiger partial charge >= 0.3 is 5.97 Å². The van der Waals surface area contributed by atoms with Gasteiger partial charge in [-0.05, 0) is 75.7 Å². The minimum atomic E-state index is -0.791. The highest BCUT2D eigenvalue weighted by Gasteiger charge is 2.34. The van der Waals surface area contributed by atoms with E-state index in [0.29, 0.717) is 66.9 Å². The van der Waals surface area contributed by atoms with Gasteiger partial charge < -0.3 is 18.6 Å². The van der Waals surface area contributed by atoms with E-state index in [1.807, 2.05) is 19.9 Å². The Balaban J connectivity index is 1.64. The number of ether oxygens (including phenoxy) is 3. The molecule has 0 saturated heterocycles. The first-order valence-electron chi connectivity index (χ1n) is 13.4. The van der Waals surface area contributed by atoms with Gasteiger partial charge in [-0.15, -0.1) is 0 Å². The van der Waals surface area contributed by atoms with Crippen molar-refractivity contribution >= 4 is 46.6 Å². The van der Waals surface area contributed by atoms with Crippen LogP contribution in [0.15, 0.2) is 74.0 Å². The predicted octanol–water partition coefficient (Wildman–Crippen LogP) is 6.16. The highest BCUT2D eigenvalue weighted by molar-refractivity contribution is 7.07. The lowest BCUT2D eigenvalue weighted by atomic mass is 9.95.